The van der Waals surface area contributed by atoms with Crippen LogP contribution in [0, 0.1) is 0 Å². The highest BCUT2D eigenvalue weighted by atomic mass is 16.6. The predicted molar refractivity (Wildman–Crippen MR) is 330 cm³/mol. The minimum Gasteiger partial charge on any atom is -0.462 e. The number of unbranched alkanes of at least 4 members (excludes halogenated alkanes) is 43. The summed E-state index contributed by atoms with van der Waals surface area (Å²) in [5, 5.41) is 0. The Morgan fingerprint density at radius 1 is 0.263 bits per heavy atom. The van der Waals surface area contributed by atoms with Gasteiger partial charge in [0.15, 0.2) is 6.10 Å². The summed E-state index contributed by atoms with van der Waals surface area (Å²) in [4.78, 5) is 38.4. The lowest BCUT2D eigenvalue weighted by Gasteiger charge is -2.18. The van der Waals surface area contributed by atoms with E-state index in [-0.39, 0.29) is 31.1 Å². The number of carbonyl (C=O) groups is 3. The van der Waals surface area contributed by atoms with Crippen LogP contribution < -0.4 is 0 Å². The average Bonchev–Trinajstić information content (AvgIpc) is 3.42. The summed E-state index contributed by atoms with van der Waals surface area (Å²) in [5.74, 6) is -0.866. The Hall–Kier alpha value is -2.63. The van der Waals surface area contributed by atoms with Crippen LogP contribution in [0.4, 0.5) is 0 Å². The molecule has 6 nitrogen and oxygen atoms in total. The molecule has 76 heavy (non-hydrogen) atoms. The third kappa shape index (κ3) is 62.2. The van der Waals surface area contributed by atoms with Gasteiger partial charge in [0, 0.05) is 19.3 Å². The quantitative estimate of drug-likeness (QED) is 0.0261. The molecule has 1 atom stereocenters. The minimum absolute atomic E-state index is 0.0749. The molecule has 0 aromatic heterocycles. The fourth-order valence-electron chi connectivity index (χ4n) is 9.98. The lowest BCUT2D eigenvalue weighted by molar-refractivity contribution is -0.167. The average molecular weight is 1070 g/mol. The van der Waals surface area contributed by atoms with Crippen molar-refractivity contribution >= 4 is 17.9 Å². The van der Waals surface area contributed by atoms with Crippen molar-refractivity contribution in [3.05, 3.63) is 48.6 Å². The molecule has 444 valence electrons. The van der Waals surface area contributed by atoms with Gasteiger partial charge in [-0.2, -0.15) is 0 Å². The van der Waals surface area contributed by atoms with Crippen LogP contribution in [0.1, 0.15) is 361 Å². The summed E-state index contributed by atoms with van der Waals surface area (Å²) >= 11 is 0. The summed E-state index contributed by atoms with van der Waals surface area (Å²) in [6, 6.07) is 0. The summed E-state index contributed by atoms with van der Waals surface area (Å²) in [6.07, 6.45) is 81.2. The van der Waals surface area contributed by atoms with E-state index < -0.39 is 6.10 Å². The van der Waals surface area contributed by atoms with Crippen LogP contribution in [-0.4, -0.2) is 37.2 Å². The third-order valence-corrected chi connectivity index (χ3v) is 15.1. The molecule has 0 amide bonds. The van der Waals surface area contributed by atoms with Crippen LogP contribution in [0.25, 0.3) is 0 Å². The number of carbonyl (C=O) groups excluding carboxylic acids is 3. The van der Waals surface area contributed by atoms with Gasteiger partial charge in [-0.15, -0.1) is 0 Å². The first-order chi connectivity index (χ1) is 37.5. The SMILES string of the molecule is CCCCCC/C=C\C/C=C\CCCCCCCC(=O)OCC(COC(=O)CCCCCCCCCCCCC/C=C\C/C=C\CCCCCCC)OC(=O)CCCCCCCCCCCCCCCCCCCCC. The first kappa shape index (κ1) is 73.4. The zero-order valence-electron chi connectivity index (χ0n) is 51.0. The molecule has 0 spiro atoms. The maximum Gasteiger partial charge on any atom is 0.306 e. The van der Waals surface area contributed by atoms with Crippen LogP contribution in [0.3, 0.4) is 0 Å². The standard InChI is InChI=1S/C70H128O6/c1-4-7-10-13-16-19-22-25-28-31-33-34-35-36-38-39-42-45-48-51-54-57-60-63-69(72)75-66-67(65-74-68(71)62-59-56-53-50-47-44-41-30-27-24-21-18-15-12-9-6-3)76-70(73)64-61-58-55-52-49-46-43-40-37-32-29-26-23-20-17-14-11-8-5-2/h21-22,24-25,30-31,33,41,67H,4-20,23,26-29,32,34-40,42-66H2,1-3H3/b24-21-,25-22-,33-31-,41-30-. The van der Waals surface area contributed by atoms with E-state index in [4.69, 9.17) is 14.2 Å². The Morgan fingerprint density at radius 2 is 0.474 bits per heavy atom. The molecule has 0 rings (SSSR count). The van der Waals surface area contributed by atoms with Crippen molar-refractivity contribution in [2.75, 3.05) is 13.2 Å². The number of hydrogen-bond donors (Lipinski definition) is 0. The largest absolute Gasteiger partial charge is 0.462 e. The molecule has 0 radical (unpaired) electrons. The molecule has 0 saturated heterocycles. The number of ether oxygens (including phenoxy) is 3. The molecule has 0 fully saturated rings. The van der Waals surface area contributed by atoms with E-state index in [1.165, 1.54) is 238 Å². The Kier molecular flexibility index (Phi) is 62.6. The topological polar surface area (TPSA) is 78.9 Å². The summed E-state index contributed by atoms with van der Waals surface area (Å²) in [6.45, 7) is 6.66. The van der Waals surface area contributed by atoms with Crippen LogP contribution in [0.15, 0.2) is 48.6 Å². The van der Waals surface area contributed by atoms with Gasteiger partial charge in [-0.1, -0.05) is 307 Å². The van der Waals surface area contributed by atoms with Crippen molar-refractivity contribution in [1.82, 2.24) is 0 Å². The van der Waals surface area contributed by atoms with E-state index >= 15 is 0 Å². The van der Waals surface area contributed by atoms with E-state index in [0.717, 1.165) is 83.5 Å². The van der Waals surface area contributed by atoms with Gasteiger partial charge in [0.2, 0.25) is 0 Å². The van der Waals surface area contributed by atoms with Gasteiger partial charge in [-0.25, -0.2) is 0 Å². The van der Waals surface area contributed by atoms with Crippen molar-refractivity contribution in [2.45, 2.75) is 367 Å². The Bertz CT molecular complexity index is 1310. The predicted octanol–water partition coefficient (Wildman–Crippen LogP) is 22.9. The molecule has 0 N–H and O–H groups in total. The molecule has 0 aliphatic heterocycles. The lowest BCUT2D eigenvalue weighted by Crippen LogP contribution is -2.30. The summed E-state index contributed by atoms with van der Waals surface area (Å²) in [5.41, 5.74) is 0. The molecule has 0 saturated carbocycles. The van der Waals surface area contributed by atoms with Gasteiger partial charge in [0.25, 0.3) is 0 Å². The Labute approximate surface area is 473 Å². The van der Waals surface area contributed by atoms with E-state index in [9.17, 15) is 14.4 Å². The fourth-order valence-corrected chi connectivity index (χ4v) is 9.98. The van der Waals surface area contributed by atoms with Crippen molar-refractivity contribution in [3.63, 3.8) is 0 Å². The van der Waals surface area contributed by atoms with Crippen molar-refractivity contribution < 1.29 is 28.6 Å². The maximum absolute atomic E-state index is 12.9. The van der Waals surface area contributed by atoms with Crippen LogP contribution in [0.2, 0.25) is 0 Å². The molecule has 0 aromatic rings. The lowest BCUT2D eigenvalue weighted by atomic mass is 10.0. The van der Waals surface area contributed by atoms with Crippen molar-refractivity contribution in [3.8, 4) is 0 Å². The van der Waals surface area contributed by atoms with Gasteiger partial charge < -0.3 is 14.2 Å². The van der Waals surface area contributed by atoms with Crippen LogP contribution in [0.5, 0.6) is 0 Å². The monoisotopic (exact) mass is 1060 g/mol. The molecule has 0 aromatic carbocycles. The highest BCUT2D eigenvalue weighted by molar-refractivity contribution is 5.71. The Morgan fingerprint density at radius 3 is 0.737 bits per heavy atom. The van der Waals surface area contributed by atoms with Gasteiger partial charge in [-0.05, 0) is 83.5 Å². The van der Waals surface area contributed by atoms with Gasteiger partial charge in [0.05, 0.1) is 0 Å². The molecule has 1 unspecified atom stereocenters. The first-order valence-electron chi connectivity index (χ1n) is 33.6. The summed E-state index contributed by atoms with van der Waals surface area (Å²) < 4.78 is 17.0. The molecular formula is C70H128O6. The molecule has 0 aliphatic rings. The minimum atomic E-state index is -0.779. The number of esters is 3. The maximum atomic E-state index is 12.9. The van der Waals surface area contributed by atoms with Gasteiger partial charge in [-0.3, -0.25) is 14.4 Å². The van der Waals surface area contributed by atoms with E-state index in [1.807, 2.05) is 0 Å². The van der Waals surface area contributed by atoms with Gasteiger partial charge >= 0.3 is 17.9 Å². The molecule has 0 bridgehead atoms. The van der Waals surface area contributed by atoms with E-state index in [2.05, 4.69) is 69.4 Å². The smallest absolute Gasteiger partial charge is 0.306 e. The molecule has 0 heterocycles. The number of rotatable bonds is 62. The van der Waals surface area contributed by atoms with Crippen molar-refractivity contribution in [2.24, 2.45) is 0 Å². The second-order valence-electron chi connectivity index (χ2n) is 22.7. The number of hydrogen-bond acceptors (Lipinski definition) is 6. The normalized spacial score (nSPS) is 12.3. The first-order valence-corrected chi connectivity index (χ1v) is 33.6. The van der Waals surface area contributed by atoms with Gasteiger partial charge in [0.1, 0.15) is 13.2 Å². The van der Waals surface area contributed by atoms with E-state index in [0.29, 0.717) is 19.3 Å². The molecule has 6 heteroatoms. The van der Waals surface area contributed by atoms with Crippen LogP contribution in [-0.2, 0) is 28.6 Å². The third-order valence-electron chi connectivity index (χ3n) is 15.1. The molecule has 0 aliphatic carbocycles. The highest BCUT2D eigenvalue weighted by Crippen LogP contribution is 2.18. The van der Waals surface area contributed by atoms with Crippen molar-refractivity contribution in [1.29, 1.82) is 0 Å². The summed E-state index contributed by atoms with van der Waals surface area (Å²) in [7, 11) is 0. The highest BCUT2D eigenvalue weighted by Gasteiger charge is 2.19. The fraction of sp³-hybridized carbons (Fsp3) is 0.843. The number of allylic oxidation sites excluding steroid dienone is 8. The zero-order valence-corrected chi connectivity index (χ0v) is 51.0. The molecular weight excluding hydrogens is 937 g/mol. The van der Waals surface area contributed by atoms with Crippen LogP contribution >= 0.6 is 0 Å². The second-order valence-corrected chi connectivity index (χ2v) is 22.7. The Balaban J connectivity index is 4.33. The second kappa shape index (κ2) is 64.9. The van der Waals surface area contributed by atoms with E-state index in [1.54, 1.807) is 0 Å². The zero-order chi connectivity index (χ0) is 55.0.